The highest BCUT2D eigenvalue weighted by molar-refractivity contribution is 7.98. The van der Waals surface area contributed by atoms with Gasteiger partial charge in [0, 0.05) is 28.0 Å². The van der Waals surface area contributed by atoms with Crippen molar-refractivity contribution < 1.29 is 14.3 Å². The van der Waals surface area contributed by atoms with E-state index < -0.39 is 17.3 Å². The summed E-state index contributed by atoms with van der Waals surface area (Å²) in [6, 6.07) is 30.5. The fourth-order valence-electron chi connectivity index (χ4n) is 5.26. The summed E-state index contributed by atoms with van der Waals surface area (Å²) in [4.78, 5) is 46.7. The van der Waals surface area contributed by atoms with Crippen LogP contribution in [0.1, 0.15) is 42.3 Å². The highest BCUT2D eigenvalue weighted by atomic mass is 35.5. The number of nitrogens with zero attached hydrogens (tertiary/aromatic N) is 3. The van der Waals surface area contributed by atoms with Crippen molar-refractivity contribution in [3.05, 3.63) is 134 Å². The summed E-state index contributed by atoms with van der Waals surface area (Å²) in [5, 5.41) is 14.6. The number of benzene rings is 4. The van der Waals surface area contributed by atoms with Crippen LogP contribution in [0.5, 0.6) is 0 Å². The fraction of sp³-hybridized carbons (Fsp3) is 0.132. The number of hydrogen-bond acceptors (Lipinski definition) is 7. The first-order valence-electron chi connectivity index (χ1n) is 15.4. The number of carbonyl (C=O) groups excluding carboxylic acids is 2. The number of rotatable bonds is 7. The van der Waals surface area contributed by atoms with Gasteiger partial charge in [0.05, 0.1) is 26.9 Å². The van der Waals surface area contributed by atoms with Gasteiger partial charge in [-0.3, -0.25) is 9.59 Å². The number of nitriles is 1. The molecule has 12 heteroatoms. The highest BCUT2D eigenvalue weighted by Gasteiger charge is 2.23. The van der Waals surface area contributed by atoms with Crippen molar-refractivity contribution in [1.82, 2.24) is 14.5 Å². The first-order valence-corrected chi connectivity index (χ1v) is 17.1. The number of H-pyrrole nitrogens is 1. The summed E-state index contributed by atoms with van der Waals surface area (Å²) in [6.07, 6.45) is -0.525. The Bertz CT molecular complexity index is 2390. The van der Waals surface area contributed by atoms with E-state index in [1.807, 2.05) is 81.4 Å². The van der Waals surface area contributed by atoms with Gasteiger partial charge in [-0.1, -0.05) is 83.5 Å². The lowest BCUT2D eigenvalue weighted by Crippen LogP contribution is -2.27. The third-order valence-electron chi connectivity index (χ3n) is 7.47. The number of aromatic amines is 1. The standard InChI is InChI=1S/C38H29Cl2N5O4S/c1-38(2,3)49-37(48)45-31-13-5-4-9-24(31)19-32(45)23-10-7-11-25(17-23)33-28(20-41)35(47)44-36(43-33)50-21-22-8-6-12-27(16-22)42-34(46)26-14-15-29(39)30(40)18-26/h4-19H,21H2,1-3H3,(H,42,46)(H,43,44,47). The molecule has 2 aromatic heterocycles. The van der Waals surface area contributed by atoms with E-state index in [2.05, 4.69) is 10.3 Å². The summed E-state index contributed by atoms with van der Waals surface area (Å²) in [5.74, 6) is 0.0608. The number of amides is 1. The van der Waals surface area contributed by atoms with Crippen molar-refractivity contribution in [1.29, 1.82) is 5.26 Å². The van der Waals surface area contributed by atoms with Crippen LogP contribution in [0.3, 0.4) is 0 Å². The van der Waals surface area contributed by atoms with Crippen LogP contribution < -0.4 is 10.9 Å². The van der Waals surface area contributed by atoms with Gasteiger partial charge in [0.25, 0.3) is 11.5 Å². The van der Waals surface area contributed by atoms with E-state index in [9.17, 15) is 19.6 Å². The largest absolute Gasteiger partial charge is 0.443 e. The molecular weight excluding hydrogens is 693 g/mol. The number of aromatic nitrogens is 3. The summed E-state index contributed by atoms with van der Waals surface area (Å²) >= 11 is 13.3. The van der Waals surface area contributed by atoms with E-state index in [0.29, 0.717) is 49.5 Å². The van der Waals surface area contributed by atoms with Gasteiger partial charge in [0.1, 0.15) is 17.2 Å². The smallest absolute Gasteiger partial charge is 0.419 e. The summed E-state index contributed by atoms with van der Waals surface area (Å²) in [7, 11) is 0. The van der Waals surface area contributed by atoms with Crippen molar-refractivity contribution in [3.8, 4) is 28.6 Å². The zero-order valence-corrected chi connectivity index (χ0v) is 29.4. The van der Waals surface area contributed by atoms with Crippen molar-refractivity contribution in [2.24, 2.45) is 0 Å². The lowest BCUT2D eigenvalue weighted by atomic mass is 10.0. The minimum Gasteiger partial charge on any atom is -0.443 e. The van der Waals surface area contributed by atoms with Crippen LogP contribution >= 0.6 is 35.0 Å². The third-order valence-corrected chi connectivity index (χ3v) is 9.15. The zero-order valence-electron chi connectivity index (χ0n) is 27.1. The Morgan fingerprint density at radius 3 is 2.46 bits per heavy atom. The quantitative estimate of drug-likeness (QED) is 0.124. The highest BCUT2D eigenvalue weighted by Crippen LogP contribution is 2.33. The number of para-hydroxylation sites is 1. The van der Waals surface area contributed by atoms with E-state index in [-0.39, 0.29) is 22.2 Å². The van der Waals surface area contributed by atoms with Crippen LogP contribution in [-0.4, -0.2) is 32.1 Å². The number of thioether (sulfide) groups is 1. The Balaban J connectivity index is 1.28. The minimum atomic E-state index is -0.714. The molecule has 2 heterocycles. The molecule has 4 aromatic carbocycles. The Kier molecular flexibility index (Phi) is 9.84. The second-order valence-corrected chi connectivity index (χ2v) is 14.0. The van der Waals surface area contributed by atoms with Gasteiger partial charge in [0.15, 0.2) is 5.16 Å². The van der Waals surface area contributed by atoms with Crippen molar-refractivity contribution in [3.63, 3.8) is 0 Å². The Hall–Kier alpha value is -5.34. The van der Waals surface area contributed by atoms with Crippen molar-refractivity contribution in [2.45, 2.75) is 37.3 Å². The maximum Gasteiger partial charge on any atom is 0.419 e. The molecule has 50 heavy (non-hydrogen) atoms. The SMILES string of the molecule is CC(C)(C)OC(=O)n1c(-c2cccc(-c3nc(SCc4cccc(NC(=O)c5ccc(Cl)c(Cl)c5)c4)[nH]c(=O)c3C#N)c2)cc2ccccc21. The molecule has 0 bridgehead atoms. The second kappa shape index (κ2) is 14.3. The van der Waals surface area contributed by atoms with Crippen LogP contribution in [0.2, 0.25) is 10.0 Å². The van der Waals surface area contributed by atoms with Gasteiger partial charge in [-0.15, -0.1) is 0 Å². The van der Waals surface area contributed by atoms with E-state index in [4.69, 9.17) is 32.9 Å². The average Bonchev–Trinajstić information content (AvgIpc) is 3.48. The number of fused-ring (bicyclic) bond motifs is 1. The molecule has 9 nitrogen and oxygen atoms in total. The Morgan fingerprint density at radius 2 is 1.70 bits per heavy atom. The summed E-state index contributed by atoms with van der Waals surface area (Å²) < 4.78 is 7.27. The molecule has 0 spiro atoms. The Morgan fingerprint density at radius 1 is 0.940 bits per heavy atom. The van der Waals surface area contributed by atoms with E-state index >= 15 is 0 Å². The second-order valence-electron chi connectivity index (χ2n) is 12.3. The fourth-order valence-corrected chi connectivity index (χ4v) is 6.36. The number of carbonyl (C=O) groups is 2. The molecule has 1 amide bonds. The monoisotopic (exact) mass is 721 g/mol. The van der Waals surface area contributed by atoms with Gasteiger partial charge in [-0.25, -0.2) is 14.3 Å². The minimum absolute atomic E-state index is 0.133. The van der Waals surface area contributed by atoms with Gasteiger partial charge in [-0.2, -0.15) is 5.26 Å². The predicted octanol–water partition coefficient (Wildman–Crippen LogP) is 9.56. The number of nitrogens with one attached hydrogen (secondary N) is 2. The molecule has 0 atom stereocenters. The van der Waals surface area contributed by atoms with Gasteiger partial charge < -0.3 is 15.0 Å². The molecule has 0 aliphatic rings. The average molecular weight is 723 g/mol. The van der Waals surface area contributed by atoms with E-state index in [1.54, 1.807) is 36.4 Å². The molecular formula is C38H29Cl2N5O4S. The first-order chi connectivity index (χ1) is 23.9. The van der Waals surface area contributed by atoms with Crippen LogP contribution in [0.4, 0.5) is 10.5 Å². The topological polar surface area (TPSA) is 130 Å². The molecule has 0 aliphatic heterocycles. The van der Waals surface area contributed by atoms with Crippen LogP contribution in [0.25, 0.3) is 33.4 Å². The third kappa shape index (κ3) is 7.61. The van der Waals surface area contributed by atoms with Crippen molar-refractivity contribution >= 4 is 63.6 Å². The summed E-state index contributed by atoms with van der Waals surface area (Å²) in [5.41, 5.74) is 3.05. The normalized spacial score (nSPS) is 11.3. The number of hydrogen-bond donors (Lipinski definition) is 2. The van der Waals surface area contributed by atoms with Crippen LogP contribution in [-0.2, 0) is 10.5 Å². The van der Waals surface area contributed by atoms with E-state index in [1.165, 1.54) is 22.4 Å². The van der Waals surface area contributed by atoms with Gasteiger partial charge >= 0.3 is 6.09 Å². The first kappa shape index (κ1) is 34.5. The zero-order chi connectivity index (χ0) is 35.6. The number of ether oxygens (including phenoxy) is 1. The number of halogens is 2. The molecule has 6 rings (SSSR count). The predicted molar refractivity (Wildman–Crippen MR) is 198 cm³/mol. The molecule has 0 fully saturated rings. The molecule has 2 N–H and O–H groups in total. The molecule has 0 aliphatic carbocycles. The lowest BCUT2D eigenvalue weighted by Gasteiger charge is -2.21. The van der Waals surface area contributed by atoms with E-state index in [0.717, 1.165) is 10.9 Å². The lowest BCUT2D eigenvalue weighted by molar-refractivity contribution is 0.0547. The van der Waals surface area contributed by atoms with Crippen LogP contribution in [0, 0.1) is 11.3 Å². The van der Waals surface area contributed by atoms with Gasteiger partial charge in [-0.05, 0) is 80.4 Å². The molecule has 0 saturated carbocycles. The van der Waals surface area contributed by atoms with Gasteiger partial charge in [0.2, 0.25) is 0 Å². The number of anilines is 1. The van der Waals surface area contributed by atoms with Crippen molar-refractivity contribution in [2.75, 3.05) is 5.32 Å². The molecule has 0 saturated heterocycles. The van der Waals surface area contributed by atoms with Crippen LogP contribution in [0.15, 0.2) is 107 Å². The maximum absolute atomic E-state index is 13.4. The molecule has 0 radical (unpaired) electrons. The molecule has 6 aromatic rings. The Labute approximate surface area is 301 Å². The molecule has 250 valence electrons. The summed E-state index contributed by atoms with van der Waals surface area (Å²) in [6.45, 7) is 5.42. The maximum atomic E-state index is 13.4. The molecule has 0 unspecified atom stereocenters.